The second-order valence-corrected chi connectivity index (χ2v) is 5.13. The Labute approximate surface area is 109 Å². The summed E-state index contributed by atoms with van der Waals surface area (Å²) in [5, 5.41) is 4.91. The molecule has 0 atom stereocenters. The number of thioether (sulfide) groups is 1. The van der Waals surface area contributed by atoms with E-state index in [1.54, 1.807) is 28.6 Å². The first-order valence-electron chi connectivity index (χ1n) is 5.14. The fourth-order valence-electron chi connectivity index (χ4n) is 1.52. The largest absolute Gasteiger partial charge is 0.257 e. The van der Waals surface area contributed by atoms with Gasteiger partial charge in [0, 0.05) is 23.3 Å². The first-order valence-corrected chi connectivity index (χ1v) is 6.50. The first-order chi connectivity index (χ1) is 8.08. The molecule has 0 radical (unpaired) electrons. The molecule has 1 aromatic heterocycles. The SMILES string of the molecule is Cc1nn(C)c(Cl)c1CSc1ccc(F)cc1. The highest BCUT2D eigenvalue weighted by Gasteiger charge is 2.11. The second-order valence-electron chi connectivity index (χ2n) is 3.72. The minimum Gasteiger partial charge on any atom is -0.257 e. The lowest BCUT2D eigenvalue weighted by Gasteiger charge is -2.01. The molecule has 0 aliphatic carbocycles. The molecule has 2 aromatic rings. The fraction of sp³-hybridized carbons (Fsp3) is 0.250. The summed E-state index contributed by atoms with van der Waals surface area (Å²) in [6, 6.07) is 6.44. The van der Waals surface area contributed by atoms with Gasteiger partial charge in [0.1, 0.15) is 11.0 Å². The monoisotopic (exact) mass is 270 g/mol. The Morgan fingerprint density at radius 3 is 2.53 bits per heavy atom. The highest BCUT2D eigenvalue weighted by atomic mass is 35.5. The Kier molecular flexibility index (Phi) is 3.74. The molecule has 2 rings (SSSR count). The molecule has 0 bridgehead atoms. The van der Waals surface area contributed by atoms with Gasteiger partial charge in [0.15, 0.2) is 0 Å². The van der Waals surface area contributed by atoms with Crippen molar-refractivity contribution >= 4 is 23.4 Å². The Balaban J connectivity index is 2.09. The maximum Gasteiger partial charge on any atom is 0.131 e. The van der Waals surface area contributed by atoms with E-state index in [0.29, 0.717) is 5.15 Å². The van der Waals surface area contributed by atoms with Gasteiger partial charge in [-0.25, -0.2) is 4.39 Å². The molecule has 0 unspecified atom stereocenters. The Morgan fingerprint density at radius 2 is 2.00 bits per heavy atom. The molecule has 0 N–H and O–H groups in total. The molecule has 0 aliphatic heterocycles. The minimum atomic E-state index is -0.218. The van der Waals surface area contributed by atoms with E-state index < -0.39 is 0 Å². The summed E-state index contributed by atoms with van der Waals surface area (Å²) < 4.78 is 14.4. The Morgan fingerprint density at radius 1 is 1.35 bits per heavy atom. The van der Waals surface area contributed by atoms with Gasteiger partial charge in [-0.05, 0) is 31.2 Å². The molecule has 1 heterocycles. The van der Waals surface area contributed by atoms with Crippen molar-refractivity contribution in [1.29, 1.82) is 0 Å². The summed E-state index contributed by atoms with van der Waals surface area (Å²) in [6.45, 7) is 1.94. The van der Waals surface area contributed by atoms with Gasteiger partial charge in [-0.15, -0.1) is 11.8 Å². The van der Waals surface area contributed by atoms with Crippen LogP contribution in [0.1, 0.15) is 11.3 Å². The lowest BCUT2D eigenvalue weighted by molar-refractivity contribution is 0.626. The molecule has 5 heteroatoms. The Hall–Kier alpha value is -1.00. The zero-order chi connectivity index (χ0) is 12.4. The minimum absolute atomic E-state index is 0.218. The number of aromatic nitrogens is 2. The average Bonchev–Trinajstić information content (AvgIpc) is 2.54. The maximum absolute atomic E-state index is 12.7. The molecule has 0 spiro atoms. The van der Waals surface area contributed by atoms with Crippen LogP contribution in [-0.4, -0.2) is 9.78 Å². The average molecular weight is 271 g/mol. The molecule has 0 amide bonds. The van der Waals surface area contributed by atoms with Crippen LogP contribution >= 0.6 is 23.4 Å². The summed E-state index contributed by atoms with van der Waals surface area (Å²) in [6.07, 6.45) is 0. The summed E-state index contributed by atoms with van der Waals surface area (Å²) in [5.74, 6) is 0.523. The van der Waals surface area contributed by atoms with Gasteiger partial charge in [0.25, 0.3) is 0 Å². The van der Waals surface area contributed by atoms with Crippen molar-refractivity contribution in [3.8, 4) is 0 Å². The van der Waals surface area contributed by atoms with Crippen molar-refractivity contribution in [2.45, 2.75) is 17.6 Å². The maximum atomic E-state index is 12.7. The zero-order valence-electron chi connectivity index (χ0n) is 9.58. The van der Waals surface area contributed by atoms with Gasteiger partial charge >= 0.3 is 0 Å². The van der Waals surface area contributed by atoms with E-state index in [2.05, 4.69) is 5.10 Å². The van der Waals surface area contributed by atoms with E-state index in [1.165, 1.54) is 12.1 Å². The predicted octanol–water partition coefficient (Wildman–Crippen LogP) is 3.81. The van der Waals surface area contributed by atoms with Crippen LogP contribution in [0.5, 0.6) is 0 Å². The summed E-state index contributed by atoms with van der Waals surface area (Å²) in [5.41, 5.74) is 1.97. The number of nitrogens with zero attached hydrogens (tertiary/aromatic N) is 2. The molecular weight excluding hydrogens is 259 g/mol. The van der Waals surface area contributed by atoms with Gasteiger partial charge in [0.2, 0.25) is 0 Å². The summed E-state index contributed by atoms with van der Waals surface area (Å²) in [7, 11) is 1.82. The fourth-order valence-corrected chi connectivity index (χ4v) is 2.83. The number of aryl methyl sites for hydroxylation is 2. The van der Waals surface area contributed by atoms with Crippen LogP contribution in [0.3, 0.4) is 0 Å². The zero-order valence-corrected chi connectivity index (χ0v) is 11.1. The topological polar surface area (TPSA) is 17.8 Å². The van der Waals surface area contributed by atoms with Crippen LogP contribution in [0.25, 0.3) is 0 Å². The van der Waals surface area contributed by atoms with Gasteiger partial charge in [-0.1, -0.05) is 11.6 Å². The normalized spacial score (nSPS) is 10.8. The molecule has 2 nitrogen and oxygen atoms in total. The van der Waals surface area contributed by atoms with Crippen molar-refractivity contribution in [3.05, 3.63) is 46.5 Å². The van der Waals surface area contributed by atoms with Crippen molar-refractivity contribution < 1.29 is 4.39 Å². The van der Waals surface area contributed by atoms with Crippen molar-refractivity contribution in [2.24, 2.45) is 7.05 Å². The highest BCUT2D eigenvalue weighted by Crippen LogP contribution is 2.28. The van der Waals surface area contributed by atoms with E-state index >= 15 is 0 Å². The van der Waals surface area contributed by atoms with Crippen LogP contribution < -0.4 is 0 Å². The van der Waals surface area contributed by atoms with Gasteiger partial charge in [-0.3, -0.25) is 4.68 Å². The third kappa shape index (κ3) is 2.82. The highest BCUT2D eigenvalue weighted by molar-refractivity contribution is 7.98. The number of hydrogen-bond acceptors (Lipinski definition) is 2. The molecule has 0 aliphatic rings. The quantitative estimate of drug-likeness (QED) is 0.789. The third-order valence-electron chi connectivity index (χ3n) is 2.47. The first kappa shape index (κ1) is 12.5. The van der Waals surface area contributed by atoms with E-state index in [1.807, 2.05) is 14.0 Å². The van der Waals surface area contributed by atoms with Crippen molar-refractivity contribution in [3.63, 3.8) is 0 Å². The lowest BCUT2D eigenvalue weighted by Crippen LogP contribution is -1.89. The smallest absolute Gasteiger partial charge is 0.131 e. The Bertz CT molecular complexity index is 522. The number of rotatable bonds is 3. The van der Waals surface area contributed by atoms with E-state index in [-0.39, 0.29) is 5.82 Å². The molecule has 0 saturated carbocycles. The number of hydrogen-bond donors (Lipinski definition) is 0. The number of benzene rings is 1. The van der Waals surface area contributed by atoms with Crippen LogP contribution in [0.15, 0.2) is 29.2 Å². The molecular formula is C12H12ClFN2S. The summed E-state index contributed by atoms with van der Waals surface area (Å²) >= 11 is 7.75. The van der Waals surface area contributed by atoms with E-state index in [4.69, 9.17) is 11.6 Å². The van der Waals surface area contributed by atoms with E-state index in [0.717, 1.165) is 21.9 Å². The second kappa shape index (κ2) is 5.10. The standard InChI is InChI=1S/C12H12ClFN2S/c1-8-11(12(13)16(2)15-8)7-17-10-5-3-9(14)4-6-10/h3-6H,7H2,1-2H3. The van der Waals surface area contributed by atoms with Crippen LogP contribution in [0, 0.1) is 12.7 Å². The molecule has 0 saturated heterocycles. The molecule has 17 heavy (non-hydrogen) atoms. The van der Waals surface area contributed by atoms with E-state index in [9.17, 15) is 4.39 Å². The van der Waals surface area contributed by atoms with Gasteiger partial charge < -0.3 is 0 Å². The van der Waals surface area contributed by atoms with Crippen LogP contribution in [0.4, 0.5) is 4.39 Å². The van der Waals surface area contributed by atoms with Crippen LogP contribution in [-0.2, 0) is 12.8 Å². The molecule has 90 valence electrons. The molecule has 0 fully saturated rings. The summed E-state index contributed by atoms with van der Waals surface area (Å²) in [4.78, 5) is 1.02. The van der Waals surface area contributed by atoms with Gasteiger partial charge in [-0.2, -0.15) is 5.10 Å². The van der Waals surface area contributed by atoms with Crippen molar-refractivity contribution in [1.82, 2.24) is 9.78 Å². The number of halogens is 2. The van der Waals surface area contributed by atoms with Crippen LogP contribution in [0.2, 0.25) is 5.15 Å². The third-order valence-corrected chi connectivity index (χ3v) is 3.98. The lowest BCUT2D eigenvalue weighted by atomic mass is 10.3. The van der Waals surface area contributed by atoms with Crippen molar-refractivity contribution in [2.75, 3.05) is 0 Å². The van der Waals surface area contributed by atoms with Gasteiger partial charge in [0.05, 0.1) is 5.69 Å². The predicted molar refractivity (Wildman–Crippen MR) is 68.9 cm³/mol. The molecule has 1 aromatic carbocycles.